The van der Waals surface area contributed by atoms with Crippen LogP contribution in [0.5, 0.6) is 0 Å². The number of nitrogens with zero attached hydrogens (tertiary/aromatic N) is 3. The van der Waals surface area contributed by atoms with E-state index in [4.69, 9.17) is 4.74 Å². The van der Waals surface area contributed by atoms with Crippen LogP contribution in [0.15, 0.2) is 75.4 Å². The summed E-state index contributed by atoms with van der Waals surface area (Å²) in [6.45, 7) is 2.77. The average molecular weight is 484 g/mol. The maximum absolute atomic E-state index is 11.1. The van der Waals surface area contributed by atoms with E-state index in [1.54, 1.807) is 18.3 Å². The Bertz CT molecular complexity index is 1250. The Morgan fingerprint density at radius 2 is 1.71 bits per heavy atom. The third-order valence-corrected chi connectivity index (χ3v) is 6.45. The van der Waals surface area contributed by atoms with Gasteiger partial charge >= 0.3 is 0 Å². The van der Waals surface area contributed by atoms with Crippen molar-refractivity contribution in [2.45, 2.75) is 17.7 Å². The summed E-state index contributed by atoms with van der Waals surface area (Å²) in [5, 5.41) is 15.2. The fourth-order valence-corrected chi connectivity index (χ4v) is 4.42. The van der Waals surface area contributed by atoms with Gasteiger partial charge in [0.15, 0.2) is 0 Å². The smallest absolute Gasteiger partial charge is 0.269 e. The van der Waals surface area contributed by atoms with Crippen molar-refractivity contribution in [3.05, 3.63) is 81.1 Å². The maximum Gasteiger partial charge on any atom is 0.269 e. The van der Waals surface area contributed by atoms with E-state index in [1.807, 2.05) is 6.08 Å². The van der Waals surface area contributed by atoms with Crippen LogP contribution in [0.25, 0.3) is 6.08 Å². The van der Waals surface area contributed by atoms with Crippen molar-refractivity contribution in [1.29, 1.82) is 0 Å². The molecule has 0 aromatic heterocycles. The van der Waals surface area contributed by atoms with E-state index < -0.39 is 15.0 Å². The van der Waals surface area contributed by atoms with Crippen molar-refractivity contribution < 1.29 is 22.6 Å². The van der Waals surface area contributed by atoms with Gasteiger partial charge in [0.05, 0.1) is 34.9 Å². The lowest BCUT2D eigenvalue weighted by molar-refractivity contribution is -0.384. The predicted molar refractivity (Wildman–Crippen MR) is 126 cm³/mol. The van der Waals surface area contributed by atoms with Crippen LogP contribution in [0, 0.1) is 10.1 Å². The summed E-state index contributed by atoms with van der Waals surface area (Å²) in [5.74, 6) is 0. The van der Waals surface area contributed by atoms with Gasteiger partial charge in [-0.2, -0.15) is 5.10 Å². The molecule has 1 N–H and O–H groups in total. The second-order valence-electron chi connectivity index (χ2n) is 7.84. The molecular formula is C23H23N4O6S-. The number of nitro groups is 1. The van der Waals surface area contributed by atoms with Crippen molar-refractivity contribution in [2.75, 3.05) is 31.7 Å². The number of non-ortho nitro benzene ring substituents is 1. The summed E-state index contributed by atoms with van der Waals surface area (Å²) in [6.07, 6.45) is 5.38. The van der Waals surface area contributed by atoms with Crippen LogP contribution in [0.4, 0.5) is 11.4 Å². The number of hydrogen-bond donors (Lipinski definition) is 1. The standard InChI is InChI=1S/C23H24N4O6S/c28-27(29)21-7-1-17(2-8-21)15-18-3-4-19(23(18)26-11-13-33-14-12-26)16-24-25-20-5-9-22(10-6-20)34(30,31)32/h1-2,5-10,15-16,25H,3-4,11-14H2,(H,30,31,32)/p-1/b18-15-,24-16-. The number of benzene rings is 2. The van der Waals surface area contributed by atoms with Crippen molar-refractivity contribution in [1.82, 2.24) is 4.90 Å². The molecule has 0 unspecified atom stereocenters. The van der Waals surface area contributed by atoms with Crippen LogP contribution in [0.1, 0.15) is 18.4 Å². The number of allylic oxidation sites excluding steroid dienone is 2. The molecule has 0 radical (unpaired) electrons. The monoisotopic (exact) mass is 483 g/mol. The molecule has 0 spiro atoms. The van der Waals surface area contributed by atoms with Gasteiger partial charge in [-0.05, 0) is 72.0 Å². The Kier molecular flexibility index (Phi) is 7.06. The third kappa shape index (κ3) is 5.68. The highest BCUT2D eigenvalue weighted by Crippen LogP contribution is 2.35. The molecule has 10 nitrogen and oxygen atoms in total. The van der Waals surface area contributed by atoms with E-state index >= 15 is 0 Å². The number of rotatable bonds is 7. The normalized spacial score (nSPS) is 18.1. The van der Waals surface area contributed by atoms with Gasteiger partial charge in [-0.25, -0.2) is 8.42 Å². The second-order valence-corrected chi connectivity index (χ2v) is 9.22. The highest BCUT2D eigenvalue weighted by Gasteiger charge is 2.25. The summed E-state index contributed by atoms with van der Waals surface area (Å²) in [6, 6.07) is 11.9. The van der Waals surface area contributed by atoms with Crippen LogP contribution < -0.4 is 5.43 Å². The lowest BCUT2D eigenvalue weighted by atomic mass is 10.1. The molecule has 0 amide bonds. The van der Waals surface area contributed by atoms with Gasteiger partial charge in [0.25, 0.3) is 5.69 Å². The first-order chi connectivity index (χ1) is 16.3. The van der Waals surface area contributed by atoms with Crippen LogP contribution in [0.2, 0.25) is 0 Å². The minimum atomic E-state index is -4.49. The Hall–Kier alpha value is -3.54. The number of hydrazone groups is 1. The number of hydrogen-bond acceptors (Lipinski definition) is 9. The quantitative estimate of drug-likeness (QED) is 0.274. The zero-order chi connectivity index (χ0) is 24.1. The van der Waals surface area contributed by atoms with Crippen molar-refractivity contribution in [2.24, 2.45) is 5.10 Å². The SMILES string of the molecule is O=[N+]([O-])c1ccc(/C=C2/CCC(/C=N\Nc3ccc(S(=O)(=O)[O-])cc3)=C2N2CCOCC2)cc1. The van der Waals surface area contributed by atoms with Crippen LogP contribution >= 0.6 is 0 Å². The summed E-state index contributed by atoms with van der Waals surface area (Å²) in [7, 11) is -4.49. The highest BCUT2D eigenvalue weighted by molar-refractivity contribution is 7.85. The summed E-state index contributed by atoms with van der Waals surface area (Å²) >= 11 is 0. The Labute approximate surface area is 197 Å². The molecule has 1 fully saturated rings. The van der Waals surface area contributed by atoms with E-state index in [9.17, 15) is 23.1 Å². The van der Waals surface area contributed by atoms with Gasteiger partial charge in [-0.1, -0.05) is 0 Å². The minimum absolute atomic E-state index is 0.0531. The van der Waals surface area contributed by atoms with Crippen molar-refractivity contribution in [3.8, 4) is 0 Å². The molecule has 178 valence electrons. The highest BCUT2D eigenvalue weighted by atomic mass is 32.2. The summed E-state index contributed by atoms with van der Waals surface area (Å²) in [4.78, 5) is 12.5. The van der Waals surface area contributed by atoms with Gasteiger partial charge < -0.3 is 14.2 Å². The number of nitro benzene ring substituents is 1. The Balaban J connectivity index is 1.57. The Morgan fingerprint density at radius 1 is 1.03 bits per heavy atom. The van der Waals surface area contributed by atoms with Gasteiger partial charge in [-0.15, -0.1) is 0 Å². The molecule has 0 bridgehead atoms. The Morgan fingerprint density at radius 3 is 2.32 bits per heavy atom. The molecule has 2 aromatic carbocycles. The molecule has 1 heterocycles. The molecule has 34 heavy (non-hydrogen) atoms. The average Bonchev–Trinajstić information content (AvgIpc) is 3.22. The van der Waals surface area contributed by atoms with E-state index in [2.05, 4.69) is 15.4 Å². The zero-order valence-corrected chi connectivity index (χ0v) is 19.0. The number of anilines is 1. The van der Waals surface area contributed by atoms with Gasteiger partial charge in [0.1, 0.15) is 10.1 Å². The molecule has 1 aliphatic heterocycles. The summed E-state index contributed by atoms with van der Waals surface area (Å²) in [5.41, 5.74) is 7.61. The number of nitrogens with one attached hydrogen (secondary N) is 1. The number of ether oxygens (including phenoxy) is 1. The van der Waals surface area contributed by atoms with E-state index in [-0.39, 0.29) is 10.6 Å². The fraction of sp³-hybridized carbons (Fsp3) is 0.261. The van der Waals surface area contributed by atoms with Crippen molar-refractivity contribution in [3.63, 3.8) is 0 Å². The van der Waals surface area contributed by atoms with Crippen LogP contribution in [0.3, 0.4) is 0 Å². The largest absolute Gasteiger partial charge is 0.744 e. The second kappa shape index (κ2) is 10.2. The molecule has 2 aromatic rings. The fourth-order valence-electron chi connectivity index (χ4n) is 3.95. The first-order valence-corrected chi connectivity index (χ1v) is 12.1. The predicted octanol–water partition coefficient (Wildman–Crippen LogP) is 3.36. The molecule has 0 saturated carbocycles. The van der Waals surface area contributed by atoms with Crippen LogP contribution in [-0.2, 0) is 14.9 Å². The van der Waals surface area contributed by atoms with E-state index in [0.29, 0.717) is 18.9 Å². The molecule has 11 heteroatoms. The van der Waals surface area contributed by atoms with Crippen LogP contribution in [-0.4, -0.2) is 55.3 Å². The molecule has 4 rings (SSSR count). The summed E-state index contributed by atoms with van der Waals surface area (Å²) < 4.78 is 38.7. The lowest BCUT2D eigenvalue weighted by Gasteiger charge is -2.31. The topological polar surface area (TPSA) is 137 Å². The molecular weight excluding hydrogens is 460 g/mol. The van der Waals surface area contributed by atoms with Gasteiger partial charge in [0.2, 0.25) is 0 Å². The molecule has 0 atom stereocenters. The zero-order valence-electron chi connectivity index (χ0n) is 18.2. The molecule has 1 aliphatic carbocycles. The van der Waals surface area contributed by atoms with E-state index in [0.717, 1.165) is 48.3 Å². The molecule has 2 aliphatic rings. The van der Waals surface area contributed by atoms with Gasteiger partial charge in [0, 0.05) is 30.9 Å². The first kappa shape index (κ1) is 23.6. The van der Waals surface area contributed by atoms with Gasteiger partial charge in [-0.3, -0.25) is 15.5 Å². The number of morpholine rings is 1. The first-order valence-electron chi connectivity index (χ1n) is 10.7. The third-order valence-electron chi connectivity index (χ3n) is 5.60. The van der Waals surface area contributed by atoms with Crippen molar-refractivity contribution >= 4 is 33.8 Å². The molecule has 1 saturated heterocycles. The maximum atomic E-state index is 11.1. The van der Waals surface area contributed by atoms with E-state index in [1.165, 1.54) is 36.4 Å². The minimum Gasteiger partial charge on any atom is -0.744 e. The lowest BCUT2D eigenvalue weighted by Crippen LogP contribution is -2.36.